The number of cyclic esters (lactones) is 1. The average Bonchev–Trinajstić information content (AvgIpc) is 2.68. The third-order valence-corrected chi connectivity index (χ3v) is 4.61. The molecule has 1 atom stereocenters. The lowest BCUT2D eigenvalue weighted by atomic mass is 10.0. The molecule has 0 fully saturated rings. The molecular formula is C22H26O7. The predicted octanol–water partition coefficient (Wildman–Crippen LogP) is 3.59. The number of fused-ring (bicyclic) bond motifs is 1. The van der Waals surface area contributed by atoms with E-state index in [9.17, 15) is 19.5 Å². The zero-order valence-electron chi connectivity index (χ0n) is 16.9. The van der Waals surface area contributed by atoms with Crippen LogP contribution in [0.5, 0.6) is 11.5 Å². The van der Waals surface area contributed by atoms with Crippen LogP contribution in [0.25, 0.3) is 6.08 Å². The number of hydrogen-bond donors (Lipinski definition) is 1. The highest BCUT2D eigenvalue weighted by Crippen LogP contribution is 2.31. The van der Waals surface area contributed by atoms with E-state index in [-0.39, 0.29) is 29.5 Å². The van der Waals surface area contributed by atoms with Crippen LogP contribution in [0.2, 0.25) is 0 Å². The first-order chi connectivity index (χ1) is 13.8. The van der Waals surface area contributed by atoms with Gasteiger partial charge in [0.1, 0.15) is 28.9 Å². The summed E-state index contributed by atoms with van der Waals surface area (Å²) in [6.07, 6.45) is 6.79. The number of rotatable bonds is 3. The van der Waals surface area contributed by atoms with Gasteiger partial charge in [0.2, 0.25) is 0 Å². The topological polar surface area (TPSA) is 99.1 Å². The molecule has 0 saturated carbocycles. The number of aromatic hydroxyl groups is 1. The molecule has 0 amide bonds. The van der Waals surface area contributed by atoms with E-state index in [0.717, 1.165) is 5.57 Å². The smallest absolute Gasteiger partial charge is 0.343 e. The zero-order valence-corrected chi connectivity index (χ0v) is 16.9. The molecule has 156 valence electrons. The van der Waals surface area contributed by atoms with Gasteiger partial charge in [-0.15, -0.1) is 0 Å². The van der Waals surface area contributed by atoms with Crippen LogP contribution in [0, 0.1) is 0 Å². The summed E-state index contributed by atoms with van der Waals surface area (Å²) >= 11 is 0. The fraction of sp³-hybridized carbons (Fsp3) is 0.409. The average molecular weight is 402 g/mol. The first kappa shape index (κ1) is 22.2. The molecule has 7 nitrogen and oxygen atoms in total. The second-order valence-corrected chi connectivity index (χ2v) is 6.80. The van der Waals surface area contributed by atoms with E-state index < -0.39 is 18.0 Å². The number of carbonyl (C=O) groups excluding carboxylic acids is 3. The molecule has 0 unspecified atom stereocenters. The highest BCUT2D eigenvalue weighted by atomic mass is 16.6. The Morgan fingerprint density at radius 1 is 1.31 bits per heavy atom. The Hall–Kier alpha value is -3.09. The van der Waals surface area contributed by atoms with E-state index in [2.05, 4.69) is 4.74 Å². The Labute approximate surface area is 170 Å². The predicted molar refractivity (Wildman–Crippen MR) is 107 cm³/mol. The van der Waals surface area contributed by atoms with Crippen molar-refractivity contribution >= 4 is 23.8 Å². The minimum atomic E-state index is -0.690. The maximum absolute atomic E-state index is 12.7. The van der Waals surface area contributed by atoms with E-state index in [4.69, 9.17) is 9.47 Å². The van der Waals surface area contributed by atoms with Crippen molar-refractivity contribution in [2.75, 3.05) is 13.7 Å². The number of carbonyl (C=O) groups is 3. The summed E-state index contributed by atoms with van der Waals surface area (Å²) in [6, 6.07) is 2.80. The molecule has 1 heterocycles. The standard InChI is InChI=1S/C22H26O7/c1-14-9-10-17(23)8-6-4-5-7-16-11-18(28-13-20(25)27-3)12-19(24)21(16)22(26)29-15(14)2/h5,7,9,11-12,15,24H,4,6,8,10,13H2,1-3H3/t15-/m0/s1. The third-order valence-electron chi connectivity index (χ3n) is 4.61. The molecule has 1 aliphatic rings. The molecule has 0 spiro atoms. The third kappa shape index (κ3) is 6.48. The molecule has 0 saturated heterocycles. The van der Waals surface area contributed by atoms with Crippen molar-refractivity contribution in [3.05, 3.63) is 41.0 Å². The Balaban J connectivity index is 2.38. The van der Waals surface area contributed by atoms with E-state index in [0.29, 0.717) is 31.2 Å². The first-order valence-corrected chi connectivity index (χ1v) is 9.44. The first-order valence-electron chi connectivity index (χ1n) is 9.44. The van der Waals surface area contributed by atoms with Gasteiger partial charge in [-0.1, -0.05) is 18.2 Å². The molecule has 1 aromatic rings. The fourth-order valence-electron chi connectivity index (χ4n) is 2.74. The van der Waals surface area contributed by atoms with Gasteiger partial charge in [-0.2, -0.15) is 0 Å². The largest absolute Gasteiger partial charge is 0.507 e. The quantitative estimate of drug-likeness (QED) is 0.609. The van der Waals surface area contributed by atoms with Gasteiger partial charge in [0.25, 0.3) is 0 Å². The summed E-state index contributed by atoms with van der Waals surface area (Å²) in [4.78, 5) is 35.9. The van der Waals surface area contributed by atoms with Crippen molar-refractivity contribution in [3.8, 4) is 11.5 Å². The number of hydrogen-bond acceptors (Lipinski definition) is 7. The van der Waals surface area contributed by atoms with Crippen LogP contribution in [0.4, 0.5) is 0 Å². The van der Waals surface area contributed by atoms with Gasteiger partial charge in [-0.3, -0.25) is 4.79 Å². The molecule has 0 aromatic heterocycles. The minimum Gasteiger partial charge on any atom is -0.507 e. The normalized spacial score (nSPS) is 18.2. The van der Waals surface area contributed by atoms with E-state index >= 15 is 0 Å². The second-order valence-electron chi connectivity index (χ2n) is 6.80. The SMILES string of the molecule is COC(=O)COc1cc(O)c2c(c1)C=CCCCC(=O)CC=C(C)[C@H](C)OC2=O. The lowest BCUT2D eigenvalue weighted by Gasteiger charge is -2.17. The molecule has 1 aliphatic heterocycles. The number of ketones is 1. The Morgan fingerprint density at radius 2 is 2.07 bits per heavy atom. The number of esters is 2. The lowest BCUT2D eigenvalue weighted by molar-refractivity contribution is -0.142. The summed E-state index contributed by atoms with van der Waals surface area (Å²) < 4.78 is 15.3. The van der Waals surface area contributed by atoms with Gasteiger partial charge in [0, 0.05) is 18.9 Å². The Morgan fingerprint density at radius 3 is 2.79 bits per heavy atom. The van der Waals surface area contributed by atoms with Crippen LogP contribution in [0.1, 0.15) is 55.5 Å². The second kappa shape index (κ2) is 10.5. The lowest BCUT2D eigenvalue weighted by Crippen LogP contribution is -2.18. The summed E-state index contributed by atoms with van der Waals surface area (Å²) in [5, 5.41) is 10.4. The summed E-state index contributed by atoms with van der Waals surface area (Å²) in [5.74, 6) is -1.23. The molecule has 2 rings (SSSR count). The number of phenols is 1. The van der Waals surface area contributed by atoms with Crippen molar-refractivity contribution in [2.45, 2.75) is 45.6 Å². The van der Waals surface area contributed by atoms with Crippen molar-refractivity contribution < 1.29 is 33.7 Å². The molecule has 0 radical (unpaired) electrons. The molecule has 0 bridgehead atoms. The number of allylic oxidation sites excluding steroid dienone is 2. The summed E-state index contributed by atoms with van der Waals surface area (Å²) in [7, 11) is 1.24. The van der Waals surface area contributed by atoms with Crippen molar-refractivity contribution in [3.63, 3.8) is 0 Å². The maximum atomic E-state index is 12.7. The minimum absolute atomic E-state index is 0.0134. The molecular weight excluding hydrogens is 376 g/mol. The van der Waals surface area contributed by atoms with Crippen molar-refractivity contribution in [1.29, 1.82) is 0 Å². The van der Waals surface area contributed by atoms with Crippen LogP contribution in [0.15, 0.2) is 29.9 Å². The molecule has 7 heteroatoms. The van der Waals surface area contributed by atoms with Gasteiger partial charge in [-0.25, -0.2) is 9.59 Å². The highest BCUT2D eigenvalue weighted by Gasteiger charge is 2.22. The van der Waals surface area contributed by atoms with Gasteiger partial charge < -0.3 is 19.3 Å². The number of methoxy groups -OCH3 is 1. The van der Waals surface area contributed by atoms with E-state index in [1.807, 2.05) is 6.08 Å². The van der Waals surface area contributed by atoms with E-state index in [1.165, 1.54) is 13.2 Å². The number of phenolic OH excluding ortho intramolecular Hbond substituents is 1. The highest BCUT2D eigenvalue weighted by molar-refractivity contribution is 5.97. The van der Waals surface area contributed by atoms with Crippen LogP contribution in [-0.2, 0) is 19.1 Å². The number of benzene rings is 1. The van der Waals surface area contributed by atoms with Gasteiger partial charge in [0.15, 0.2) is 6.61 Å². The summed E-state index contributed by atoms with van der Waals surface area (Å²) in [5.41, 5.74) is 1.17. The number of Topliss-reactive ketones (excluding diaryl/α,β-unsaturated/α-hetero) is 1. The zero-order chi connectivity index (χ0) is 21.4. The molecule has 0 aliphatic carbocycles. The summed E-state index contributed by atoms with van der Waals surface area (Å²) in [6.45, 7) is 3.17. The van der Waals surface area contributed by atoms with E-state index in [1.54, 1.807) is 32.1 Å². The van der Waals surface area contributed by atoms with Crippen LogP contribution < -0.4 is 4.74 Å². The number of ether oxygens (including phenoxy) is 3. The monoisotopic (exact) mass is 402 g/mol. The molecule has 1 N–H and O–H groups in total. The van der Waals surface area contributed by atoms with Gasteiger partial charge >= 0.3 is 11.9 Å². The Kier molecular flexibility index (Phi) is 8.00. The van der Waals surface area contributed by atoms with Crippen molar-refractivity contribution in [2.24, 2.45) is 0 Å². The Bertz CT molecular complexity index is 836. The van der Waals surface area contributed by atoms with Crippen LogP contribution in [-0.4, -0.2) is 42.6 Å². The van der Waals surface area contributed by atoms with Crippen LogP contribution in [0.3, 0.4) is 0 Å². The maximum Gasteiger partial charge on any atom is 0.343 e. The molecule has 1 aromatic carbocycles. The molecule has 29 heavy (non-hydrogen) atoms. The fourth-order valence-corrected chi connectivity index (χ4v) is 2.74. The van der Waals surface area contributed by atoms with Crippen molar-refractivity contribution in [1.82, 2.24) is 0 Å². The van der Waals surface area contributed by atoms with Gasteiger partial charge in [0.05, 0.1) is 7.11 Å². The van der Waals surface area contributed by atoms with Gasteiger partial charge in [-0.05, 0) is 43.9 Å². The van der Waals surface area contributed by atoms with Crippen LogP contribution >= 0.6 is 0 Å².